The standard InChI is InChI=1S/C20H26O5/c1-6-12(3)18(21)23-14-9-11(2)7-8-16-20(5,25-16)10-15-17(14)13(4)19(22)24-15/h6,9,14-17H,4,7-8,10H2,1-3,5H3/b11-9+,12-6+. The molecule has 5 heteroatoms. The summed E-state index contributed by atoms with van der Waals surface area (Å²) in [5.41, 5.74) is 1.74. The van der Waals surface area contributed by atoms with Crippen molar-refractivity contribution in [2.75, 3.05) is 0 Å². The Hall–Kier alpha value is -1.88. The lowest BCUT2D eigenvalue weighted by Crippen LogP contribution is -2.35. The molecule has 0 radical (unpaired) electrons. The molecule has 3 aliphatic rings. The van der Waals surface area contributed by atoms with E-state index >= 15 is 0 Å². The highest BCUT2D eigenvalue weighted by Gasteiger charge is 2.57. The van der Waals surface area contributed by atoms with Gasteiger partial charge in [-0.2, -0.15) is 0 Å². The molecule has 25 heavy (non-hydrogen) atoms. The van der Waals surface area contributed by atoms with E-state index in [4.69, 9.17) is 14.2 Å². The smallest absolute Gasteiger partial charge is 0.334 e. The summed E-state index contributed by atoms with van der Waals surface area (Å²) in [7, 11) is 0. The number of ether oxygens (including phenoxy) is 3. The van der Waals surface area contributed by atoms with Gasteiger partial charge < -0.3 is 14.2 Å². The van der Waals surface area contributed by atoms with Crippen molar-refractivity contribution in [2.24, 2.45) is 5.92 Å². The lowest BCUT2D eigenvalue weighted by atomic mass is 9.83. The van der Waals surface area contributed by atoms with E-state index in [2.05, 4.69) is 13.5 Å². The minimum Gasteiger partial charge on any atom is -0.458 e. The lowest BCUT2D eigenvalue weighted by molar-refractivity contribution is -0.145. The number of fused-ring (bicyclic) bond motifs is 2. The summed E-state index contributed by atoms with van der Waals surface area (Å²) in [5.74, 6) is -1.17. The Kier molecular flexibility index (Phi) is 4.62. The van der Waals surface area contributed by atoms with E-state index in [1.54, 1.807) is 19.9 Å². The molecule has 0 N–H and O–H groups in total. The van der Waals surface area contributed by atoms with Crippen LogP contribution in [-0.4, -0.2) is 35.9 Å². The second-order valence-electron chi connectivity index (χ2n) is 7.51. The van der Waals surface area contributed by atoms with Crippen molar-refractivity contribution in [3.63, 3.8) is 0 Å². The van der Waals surface area contributed by atoms with E-state index in [9.17, 15) is 9.59 Å². The predicted molar refractivity (Wildman–Crippen MR) is 92.7 cm³/mol. The molecular formula is C20H26O5. The molecule has 0 aromatic heterocycles. The minimum absolute atomic E-state index is 0.188. The van der Waals surface area contributed by atoms with Crippen molar-refractivity contribution in [1.29, 1.82) is 0 Å². The third-order valence-corrected chi connectivity index (χ3v) is 5.57. The predicted octanol–water partition coefficient (Wildman–Crippen LogP) is 3.25. The van der Waals surface area contributed by atoms with E-state index in [1.807, 2.05) is 13.0 Å². The Labute approximate surface area is 148 Å². The molecule has 0 bridgehead atoms. The Morgan fingerprint density at radius 1 is 1.48 bits per heavy atom. The first-order chi connectivity index (χ1) is 11.7. The zero-order valence-electron chi connectivity index (χ0n) is 15.3. The van der Waals surface area contributed by atoms with Crippen LogP contribution in [0.5, 0.6) is 0 Å². The average Bonchev–Trinajstić information content (AvgIpc) is 3.11. The van der Waals surface area contributed by atoms with Crippen molar-refractivity contribution in [2.45, 2.75) is 70.9 Å². The molecule has 2 saturated heterocycles. The second kappa shape index (κ2) is 6.45. The van der Waals surface area contributed by atoms with Crippen LogP contribution in [0.4, 0.5) is 0 Å². The summed E-state index contributed by atoms with van der Waals surface area (Å²) in [6.07, 6.45) is 5.27. The SMILES string of the molecule is C=C1C(=O)OC2CC3(C)OC3CC/C(C)=C/C(OC(=O)/C(C)=C/C)C12. The molecule has 136 valence electrons. The Balaban J connectivity index is 1.94. The minimum atomic E-state index is -0.565. The van der Waals surface area contributed by atoms with Crippen molar-refractivity contribution in [1.82, 2.24) is 0 Å². The van der Waals surface area contributed by atoms with Crippen LogP contribution in [0.25, 0.3) is 0 Å². The van der Waals surface area contributed by atoms with E-state index in [-0.39, 0.29) is 29.7 Å². The van der Waals surface area contributed by atoms with Gasteiger partial charge in [-0.1, -0.05) is 18.2 Å². The second-order valence-corrected chi connectivity index (χ2v) is 7.51. The number of epoxide rings is 1. The highest BCUT2D eigenvalue weighted by Crippen LogP contribution is 2.48. The number of carbonyl (C=O) groups is 2. The third kappa shape index (κ3) is 3.43. The van der Waals surface area contributed by atoms with Gasteiger partial charge in [-0.15, -0.1) is 0 Å². The van der Waals surface area contributed by atoms with Crippen molar-refractivity contribution in [3.8, 4) is 0 Å². The van der Waals surface area contributed by atoms with Gasteiger partial charge in [0.2, 0.25) is 0 Å². The Morgan fingerprint density at radius 3 is 2.88 bits per heavy atom. The third-order valence-electron chi connectivity index (χ3n) is 5.57. The molecule has 2 fully saturated rings. The van der Waals surface area contributed by atoms with Crippen molar-refractivity contribution in [3.05, 3.63) is 35.5 Å². The molecule has 5 nitrogen and oxygen atoms in total. The van der Waals surface area contributed by atoms with Gasteiger partial charge in [0.1, 0.15) is 12.2 Å². The first-order valence-electron chi connectivity index (χ1n) is 8.84. The fraction of sp³-hybridized carbons (Fsp3) is 0.600. The van der Waals surface area contributed by atoms with Gasteiger partial charge in [0.05, 0.1) is 17.6 Å². The number of hydrogen-bond donors (Lipinski definition) is 0. The molecule has 3 rings (SSSR count). The van der Waals surface area contributed by atoms with Gasteiger partial charge in [0.25, 0.3) is 0 Å². The molecule has 5 unspecified atom stereocenters. The zero-order chi connectivity index (χ0) is 18.4. The van der Waals surface area contributed by atoms with Crippen LogP contribution >= 0.6 is 0 Å². The number of allylic oxidation sites excluding steroid dienone is 2. The molecule has 0 spiro atoms. The van der Waals surface area contributed by atoms with E-state index in [0.717, 1.165) is 18.4 Å². The highest BCUT2D eigenvalue weighted by molar-refractivity contribution is 5.91. The monoisotopic (exact) mass is 346 g/mol. The van der Waals surface area contributed by atoms with Crippen LogP contribution in [0.2, 0.25) is 0 Å². The number of hydrogen-bond acceptors (Lipinski definition) is 5. The molecule has 2 heterocycles. The Morgan fingerprint density at radius 2 is 2.20 bits per heavy atom. The summed E-state index contributed by atoms with van der Waals surface area (Å²) >= 11 is 0. The summed E-state index contributed by atoms with van der Waals surface area (Å²) in [4.78, 5) is 24.4. The maximum atomic E-state index is 12.3. The van der Waals surface area contributed by atoms with Gasteiger partial charge in [-0.25, -0.2) is 9.59 Å². The highest BCUT2D eigenvalue weighted by atomic mass is 16.6. The Bertz CT molecular complexity index is 674. The van der Waals surface area contributed by atoms with Crippen molar-refractivity contribution < 1.29 is 23.8 Å². The lowest BCUT2D eigenvalue weighted by Gasteiger charge is -2.27. The van der Waals surface area contributed by atoms with Crippen molar-refractivity contribution >= 4 is 11.9 Å². The first kappa shape index (κ1) is 17.9. The number of carbonyl (C=O) groups excluding carboxylic acids is 2. The largest absolute Gasteiger partial charge is 0.458 e. The van der Waals surface area contributed by atoms with Crippen LogP contribution in [0.15, 0.2) is 35.5 Å². The normalized spacial score (nSPS) is 40.3. The molecule has 0 aromatic carbocycles. The van der Waals surface area contributed by atoms with E-state index in [0.29, 0.717) is 17.6 Å². The number of rotatable bonds is 2. The summed E-state index contributed by atoms with van der Waals surface area (Å²) in [6.45, 7) is 11.5. The van der Waals surface area contributed by atoms with Crippen LogP contribution in [0.1, 0.15) is 47.0 Å². The van der Waals surface area contributed by atoms with Crippen LogP contribution in [0, 0.1) is 5.92 Å². The summed E-state index contributed by atoms with van der Waals surface area (Å²) in [5, 5.41) is 0. The van der Waals surface area contributed by atoms with E-state index < -0.39 is 12.1 Å². The average molecular weight is 346 g/mol. The quantitative estimate of drug-likeness (QED) is 0.332. The molecule has 1 aliphatic carbocycles. The van der Waals surface area contributed by atoms with Gasteiger partial charge in [0, 0.05) is 17.6 Å². The van der Waals surface area contributed by atoms with Gasteiger partial charge >= 0.3 is 11.9 Å². The maximum absolute atomic E-state index is 12.3. The fourth-order valence-corrected chi connectivity index (χ4v) is 3.73. The molecule has 5 atom stereocenters. The first-order valence-corrected chi connectivity index (χ1v) is 8.84. The van der Waals surface area contributed by atoms with Crippen LogP contribution in [-0.2, 0) is 23.8 Å². The topological polar surface area (TPSA) is 65.1 Å². The molecule has 0 amide bonds. The molecular weight excluding hydrogens is 320 g/mol. The molecule has 0 aromatic rings. The van der Waals surface area contributed by atoms with Gasteiger partial charge in [-0.3, -0.25) is 0 Å². The maximum Gasteiger partial charge on any atom is 0.334 e. The van der Waals surface area contributed by atoms with Crippen LogP contribution in [0.3, 0.4) is 0 Å². The summed E-state index contributed by atoms with van der Waals surface area (Å²) in [6, 6.07) is 0. The molecule has 2 aliphatic heterocycles. The summed E-state index contributed by atoms with van der Waals surface area (Å²) < 4.78 is 17.2. The van der Waals surface area contributed by atoms with Crippen LogP contribution < -0.4 is 0 Å². The number of esters is 2. The van der Waals surface area contributed by atoms with Gasteiger partial charge in [0.15, 0.2) is 0 Å². The fourth-order valence-electron chi connectivity index (χ4n) is 3.73. The van der Waals surface area contributed by atoms with Gasteiger partial charge in [-0.05, 0) is 46.6 Å². The molecule has 0 saturated carbocycles. The van der Waals surface area contributed by atoms with E-state index in [1.165, 1.54) is 0 Å². The zero-order valence-corrected chi connectivity index (χ0v) is 15.3.